The molecule has 0 aromatic heterocycles. The number of rotatable bonds is 10. The number of aliphatic hydroxyl groups excluding tert-OH is 1. The van der Waals surface area contributed by atoms with E-state index in [4.69, 9.17) is 14.6 Å². The number of ether oxygens (including phenoxy) is 2. The van der Waals surface area contributed by atoms with Crippen molar-refractivity contribution in [3.8, 4) is 0 Å². The Kier molecular flexibility index (Phi) is 10.3. The molecule has 0 radical (unpaired) electrons. The van der Waals surface area contributed by atoms with Crippen molar-refractivity contribution in [1.82, 2.24) is 5.32 Å². The summed E-state index contributed by atoms with van der Waals surface area (Å²) in [6.07, 6.45) is 1.15. The standard InChI is InChI=1S/C11H25NO3/c1-4-6-12-11(7-13)9-15-10(3)8-14-5-2/h10-13H,4-9H2,1-3H3. The summed E-state index contributed by atoms with van der Waals surface area (Å²) in [5.41, 5.74) is 0. The van der Waals surface area contributed by atoms with Crippen molar-refractivity contribution < 1.29 is 14.6 Å². The van der Waals surface area contributed by atoms with Crippen molar-refractivity contribution in [3.63, 3.8) is 0 Å². The molecule has 0 aromatic rings. The van der Waals surface area contributed by atoms with E-state index in [0.717, 1.165) is 13.0 Å². The van der Waals surface area contributed by atoms with Crippen molar-refractivity contribution >= 4 is 0 Å². The number of nitrogens with one attached hydrogen (secondary N) is 1. The van der Waals surface area contributed by atoms with Crippen molar-refractivity contribution in [1.29, 1.82) is 0 Å². The van der Waals surface area contributed by atoms with E-state index in [0.29, 0.717) is 19.8 Å². The van der Waals surface area contributed by atoms with Crippen LogP contribution in [0.4, 0.5) is 0 Å². The molecule has 0 aliphatic heterocycles. The summed E-state index contributed by atoms with van der Waals surface area (Å²) in [6.45, 7) is 8.92. The van der Waals surface area contributed by atoms with E-state index >= 15 is 0 Å². The second-order valence-corrected chi connectivity index (χ2v) is 3.64. The zero-order valence-corrected chi connectivity index (χ0v) is 10.2. The summed E-state index contributed by atoms with van der Waals surface area (Å²) in [4.78, 5) is 0. The smallest absolute Gasteiger partial charge is 0.0781 e. The van der Waals surface area contributed by atoms with Gasteiger partial charge in [0, 0.05) is 6.61 Å². The van der Waals surface area contributed by atoms with Gasteiger partial charge in [-0.25, -0.2) is 0 Å². The van der Waals surface area contributed by atoms with Crippen LogP contribution in [0, 0.1) is 0 Å². The minimum Gasteiger partial charge on any atom is -0.395 e. The first-order valence-corrected chi connectivity index (χ1v) is 5.78. The van der Waals surface area contributed by atoms with Gasteiger partial charge in [0.15, 0.2) is 0 Å². The summed E-state index contributed by atoms with van der Waals surface area (Å²) < 4.78 is 10.8. The predicted octanol–water partition coefficient (Wildman–Crippen LogP) is 0.788. The van der Waals surface area contributed by atoms with Crippen LogP contribution in [0.2, 0.25) is 0 Å². The van der Waals surface area contributed by atoms with E-state index in [9.17, 15) is 0 Å². The Morgan fingerprint density at radius 2 is 2.00 bits per heavy atom. The van der Waals surface area contributed by atoms with Gasteiger partial charge < -0.3 is 19.9 Å². The van der Waals surface area contributed by atoms with Crippen LogP contribution in [-0.4, -0.2) is 50.2 Å². The largest absolute Gasteiger partial charge is 0.395 e. The lowest BCUT2D eigenvalue weighted by Crippen LogP contribution is -2.38. The molecule has 2 N–H and O–H groups in total. The van der Waals surface area contributed by atoms with Gasteiger partial charge in [0.1, 0.15) is 0 Å². The first-order valence-electron chi connectivity index (χ1n) is 5.78. The molecule has 0 heterocycles. The molecule has 0 saturated heterocycles. The highest BCUT2D eigenvalue weighted by Gasteiger charge is 2.09. The fraction of sp³-hybridized carbons (Fsp3) is 1.00. The maximum atomic E-state index is 9.07. The van der Waals surface area contributed by atoms with E-state index in [2.05, 4.69) is 12.2 Å². The maximum Gasteiger partial charge on any atom is 0.0781 e. The van der Waals surface area contributed by atoms with Gasteiger partial charge >= 0.3 is 0 Å². The van der Waals surface area contributed by atoms with Crippen molar-refractivity contribution in [2.45, 2.75) is 39.3 Å². The van der Waals surface area contributed by atoms with Gasteiger partial charge in [-0.3, -0.25) is 0 Å². The average molecular weight is 219 g/mol. The summed E-state index contributed by atoms with van der Waals surface area (Å²) >= 11 is 0. The third-order valence-corrected chi connectivity index (χ3v) is 2.04. The summed E-state index contributed by atoms with van der Waals surface area (Å²) in [5, 5.41) is 12.3. The fourth-order valence-electron chi connectivity index (χ4n) is 1.14. The van der Waals surface area contributed by atoms with Crippen molar-refractivity contribution in [2.24, 2.45) is 0 Å². The van der Waals surface area contributed by atoms with E-state index in [1.165, 1.54) is 0 Å². The molecule has 0 fully saturated rings. The molecule has 0 aromatic carbocycles. The zero-order chi connectivity index (χ0) is 11.5. The number of aliphatic hydroxyl groups is 1. The zero-order valence-electron chi connectivity index (χ0n) is 10.2. The third-order valence-electron chi connectivity index (χ3n) is 2.04. The minimum absolute atomic E-state index is 0.0361. The lowest BCUT2D eigenvalue weighted by Gasteiger charge is -2.19. The highest BCUT2D eigenvalue weighted by Crippen LogP contribution is 1.94. The minimum atomic E-state index is 0.0361. The number of hydrogen-bond donors (Lipinski definition) is 2. The molecule has 15 heavy (non-hydrogen) atoms. The molecular formula is C11H25NO3. The lowest BCUT2D eigenvalue weighted by molar-refractivity contribution is -0.0165. The van der Waals surface area contributed by atoms with Gasteiger partial charge in [0.05, 0.1) is 32.0 Å². The molecule has 0 aliphatic rings. The predicted molar refractivity (Wildman–Crippen MR) is 61.1 cm³/mol. The topological polar surface area (TPSA) is 50.7 Å². The molecule has 92 valence electrons. The normalized spacial score (nSPS) is 15.2. The van der Waals surface area contributed by atoms with Crippen molar-refractivity contribution in [2.75, 3.05) is 33.0 Å². The quantitative estimate of drug-likeness (QED) is 0.570. The van der Waals surface area contributed by atoms with E-state index in [-0.39, 0.29) is 18.8 Å². The highest BCUT2D eigenvalue weighted by molar-refractivity contribution is 4.64. The first-order chi connectivity index (χ1) is 7.24. The number of hydrogen-bond acceptors (Lipinski definition) is 4. The molecule has 4 heteroatoms. The van der Waals surface area contributed by atoms with Crippen LogP contribution in [0.1, 0.15) is 27.2 Å². The monoisotopic (exact) mass is 219 g/mol. The first kappa shape index (κ1) is 14.8. The molecule has 0 bridgehead atoms. The molecular weight excluding hydrogens is 194 g/mol. The SMILES string of the molecule is CCCNC(CO)COC(C)COCC. The average Bonchev–Trinajstić information content (AvgIpc) is 2.26. The van der Waals surface area contributed by atoms with Crippen LogP contribution >= 0.6 is 0 Å². The van der Waals surface area contributed by atoms with Gasteiger partial charge in [-0.15, -0.1) is 0 Å². The Balaban J connectivity index is 3.50. The molecule has 0 amide bonds. The Bertz CT molecular complexity index is 133. The van der Waals surface area contributed by atoms with Gasteiger partial charge in [0.2, 0.25) is 0 Å². The highest BCUT2D eigenvalue weighted by atomic mass is 16.5. The summed E-state index contributed by atoms with van der Waals surface area (Å²) in [7, 11) is 0. The fourth-order valence-corrected chi connectivity index (χ4v) is 1.14. The lowest BCUT2D eigenvalue weighted by atomic mass is 10.3. The van der Waals surface area contributed by atoms with E-state index in [1.54, 1.807) is 0 Å². The summed E-state index contributed by atoms with van der Waals surface area (Å²) in [5.74, 6) is 0. The van der Waals surface area contributed by atoms with Gasteiger partial charge in [-0.05, 0) is 26.8 Å². The van der Waals surface area contributed by atoms with E-state index < -0.39 is 0 Å². The molecule has 2 atom stereocenters. The molecule has 0 aliphatic carbocycles. The Hall–Kier alpha value is -0.160. The van der Waals surface area contributed by atoms with Crippen LogP contribution in [0.15, 0.2) is 0 Å². The van der Waals surface area contributed by atoms with Crippen LogP contribution in [0.3, 0.4) is 0 Å². The molecule has 0 spiro atoms. The van der Waals surface area contributed by atoms with E-state index in [1.807, 2.05) is 13.8 Å². The Morgan fingerprint density at radius 3 is 2.53 bits per heavy atom. The van der Waals surface area contributed by atoms with Crippen molar-refractivity contribution in [3.05, 3.63) is 0 Å². The van der Waals surface area contributed by atoms with Crippen LogP contribution in [0.25, 0.3) is 0 Å². The summed E-state index contributed by atoms with van der Waals surface area (Å²) in [6, 6.07) is 0.0361. The Labute approximate surface area is 93.0 Å². The third kappa shape index (κ3) is 8.81. The second-order valence-electron chi connectivity index (χ2n) is 3.64. The molecule has 2 unspecified atom stereocenters. The van der Waals surface area contributed by atoms with Crippen LogP contribution in [0.5, 0.6) is 0 Å². The molecule has 0 rings (SSSR count). The maximum absolute atomic E-state index is 9.07. The van der Waals surface area contributed by atoms with Gasteiger partial charge in [0.25, 0.3) is 0 Å². The molecule has 4 nitrogen and oxygen atoms in total. The van der Waals surface area contributed by atoms with Gasteiger partial charge in [-0.2, -0.15) is 0 Å². The van der Waals surface area contributed by atoms with Gasteiger partial charge in [-0.1, -0.05) is 6.92 Å². The van der Waals surface area contributed by atoms with Crippen LogP contribution in [-0.2, 0) is 9.47 Å². The second kappa shape index (κ2) is 10.4. The molecule has 0 saturated carbocycles. The van der Waals surface area contributed by atoms with Crippen LogP contribution < -0.4 is 5.32 Å². The Morgan fingerprint density at radius 1 is 1.27 bits per heavy atom.